The normalized spacial score (nSPS) is 22.7. The van der Waals surface area contributed by atoms with Crippen LogP contribution in [0, 0.1) is 17.3 Å². The molecular weight excluding hydrogens is 382 g/mol. The molecule has 1 saturated heterocycles. The number of amides is 1. The molecule has 6 heteroatoms. The Morgan fingerprint density at radius 1 is 1.31 bits per heavy atom. The Morgan fingerprint density at radius 2 is 2.10 bits per heavy atom. The molecule has 2 unspecified atom stereocenters. The van der Waals surface area contributed by atoms with E-state index in [1.807, 2.05) is 4.90 Å². The summed E-state index contributed by atoms with van der Waals surface area (Å²) in [5.74, 6) is 2.05. The Labute approximate surface area is 176 Å². The van der Waals surface area contributed by atoms with Crippen molar-refractivity contribution in [2.75, 3.05) is 13.1 Å². The third-order valence-corrected chi connectivity index (χ3v) is 7.93. The second-order valence-electron chi connectivity index (χ2n) is 10.1. The molecule has 0 aromatic carbocycles. The van der Waals surface area contributed by atoms with Crippen molar-refractivity contribution in [1.82, 2.24) is 14.9 Å². The summed E-state index contributed by atoms with van der Waals surface area (Å²) in [5.41, 5.74) is 1.46. The van der Waals surface area contributed by atoms with Crippen LogP contribution in [-0.2, 0) is 24.1 Å². The van der Waals surface area contributed by atoms with E-state index in [1.54, 1.807) is 11.3 Å². The molecule has 0 radical (unpaired) electrons. The molecule has 1 aliphatic heterocycles. The van der Waals surface area contributed by atoms with E-state index >= 15 is 0 Å². The van der Waals surface area contributed by atoms with Crippen LogP contribution in [0.3, 0.4) is 0 Å². The van der Waals surface area contributed by atoms with Gasteiger partial charge in [0, 0.05) is 30.8 Å². The number of nitrogens with zero attached hydrogens (tertiary/aromatic N) is 2. The molecule has 0 spiro atoms. The molecule has 4 rings (SSSR count). The van der Waals surface area contributed by atoms with Crippen LogP contribution < -0.4 is 5.56 Å². The molecule has 3 heterocycles. The quantitative estimate of drug-likeness (QED) is 0.811. The molecule has 1 aliphatic carbocycles. The van der Waals surface area contributed by atoms with Gasteiger partial charge in [0.25, 0.3) is 5.56 Å². The molecule has 2 aromatic heterocycles. The molecule has 1 amide bonds. The molecule has 2 aliphatic rings. The lowest BCUT2D eigenvalue weighted by Crippen LogP contribution is -2.39. The van der Waals surface area contributed by atoms with Gasteiger partial charge in [-0.05, 0) is 54.9 Å². The molecule has 29 heavy (non-hydrogen) atoms. The van der Waals surface area contributed by atoms with Crippen LogP contribution in [0.15, 0.2) is 4.79 Å². The number of hydrogen-bond acceptors (Lipinski definition) is 4. The number of aryl methyl sites for hydroxylation is 2. The maximum Gasteiger partial charge on any atom is 0.259 e. The molecule has 1 fully saturated rings. The third kappa shape index (κ3) is 4.27. The maximum absolute atomic E-state index is 12.8. The topological polar surface area (TPSA) is 66.1 Å². The number of carbonyl (C=O) groups is 1. The Bertz CT molecular complexity index is 969. The van der Waals surface area contributed by atoms with Crippen LogP contribution >= 0.6 is 11.3 Å². The summed E-state index contributed by atoms with van der Waals surface area (Å²) in [6, 6.07) is 0. The largest absolute Gasteiger partial charge is 0.342 e. The lowest BCUT2D eigenvalue weighted by molar-refractivity contribution is -0.132. The first-order valence-electron chi connectivity index (χ1n) is 11.0. The Hall–Kier alpha value is -1.69. The van der Waals surface area contributed by atoms with Gasteiger partial charge in [0.05, 0.1) is 5.39 Å². The summed E-state index contributed by atoms with van der Waals surface area (Å²) < 4.78 is 0. The lowest BCUT2D eigenvalue weighted by atomic mass is 9.72. The summed E-state index contributed by atoms with van der Waals surface area (Å²) in [4.78, 5) is 37.3. The van der Waals surface area contributed by atoms with Gasteiger partial charge in [-0.2, -0.15) is 0 Å². The van der Waals surface area contributed by atoms with Gasteiger partial charge in [-0.25, -0.2) is 4.98 Å². The van der Waals surface area contributed by atoms with Crippen LogP contribution in [0.5, 0.6) is 0 Å². The lowest BCUT2D eigenvalue weighted by Gasteiger charge is -2.33. The number of hydrogen-bond donors (Lipinski definition) is 1. The Balaban J connectivity index is 1.51. The van der Waals surface area contributed by atoms with E-state index in [4.69, 9.17) is 4.98 Å². The summed E-state index contributed by atoms with van der Waals surface area (Å²) in [5, 5.41) is 0.789. The number of carbonyl (C=O) groups excluding carboxylic acids is 1. The van der Waals surface area contributed by atoms with Gasteiger partial charge in [0.2, 0.25) is 5.91 Å². The molecule has 5 nitrogen and oxygen atoms in total. The van der Waals surface area contributed by atoms with Crippen molar-refractivity contribution >= 4 is 27.5 Å². The molecule has 1 N–H and O–H groups in total. The van der Waals surface area contributed by atoms with E-state index in [1.165, 1.54) is 16.9 Å². The number of fused-ring (bicyclic) bond motifs is 3. The maximum atomic E-state index is 12.8. The van der Waals surface area contributed by atoms with Crippen LogP contribution in [0.4, 0.5) is 0 Å². The zero-order valence-corrected chi connectivity index (χ0v) is 19.0. The highest BCUT2D eigenvalue weighted by molar-refractivity contribution is 7.18. The summed E-state index contributed by atoms with van der Waals surface area (Å²) >= 11 is 1.68. The van der Waals surface area contributed by atoms with E-state index in [2.05, 4.69) is 32.7 Å². The fourth-order valence-electron chi connectivity index (χ4n) is 4.89. The van der Waals surface area contributed by atoms with E-state index in [9.17, 15) is 9.59 Å². The molecule has 2 aromatic rings. The minimum Gasteiger partial charge on any atom is -0.342 e. The average Bonchev–Trinajstić information content (AvgIpc) is 3.03. The minimum absolute atomic E-state index is 0.0317. The highest BCUT2D eigenvalue weighted by Gasteiger charge is 2.31. The zero-order valence-electron chi connectivity index (χ0n) is 18.1. The molecule has 0 bridgehead atoms. The number of aromatic nitrogens is 2. The van der Waals surface area contributed by atoms with Gasteiger partial charge in [-0.3, -0.25) is 9.59 Å². The standard InChI is InChI=1S/C23H33N3O2S/c1-14-6-5-11-26(13-14)19(27)10-9-18-24-21(28)20-16-8-7-15(23(2,3)4)12-17(16)29-22(20)25-18/h14-15H,5-13H2,1-4H3,(H,24,25,28). The summed E-state index contributed by atoms with van der Waals surface area (Å²) in [6.07, 6.45) is 6.35. The third-order valence-electron chi connectivity index (χ3n) is 6.78. The first-order valence-corrected chi connectivity index (χ1v) is 11.8. The zero-order chi connectivity index (χ0) is 20.8. The van der Waals surface area contributed by atoms with E-state index in [0.717, 1.165) is 49.0 Å². The van der Waals surface area contributed by atoms with Gasteiger partial charge in [0.15, 0.2) is 0 Å². The smallest absolute Gasteiger partial charge is 0.259 e. The number of rotatable bonds is 3. The minimum atomic E-state index is -0.0317. The average molecular weight is 416 g/mol. The first kappa shape index (κ1) is 20.6. The van der Waals surface area contributed by atoms with Crippen molar-refractivity contribution in [1.29, 1.82) is 0 Å². The number of aromatic amines is 1. The molecule has 158 valence electrons. The number of nitrogens with one attached hydrogen (secondary N) is 1. The van der Waals surface area contributed by atoms with Crippen LogP contribution in [-0.4, -0.2) is 33.9 Å². The van der Waals surface area contributed by atoms with Crippen molar-refractivity contribution in [3.63, 3.8) is 0 Å². The number of piperidine rings is 1. The van der Waals surface area contributed by atoms with Crippen molar-refractivity contribution in [2.24, 2.45) is 17.3 Å². The summed E-state index contributed by atoms with van der Waals surface area (Å²) in [7, 11) is 0. The second kappa shape index (κ2) is 7.86. The van der Waals surface area contributed by atoms with Gasteiger partial charge >= 0.3 is 0 Å². The number of likely N-dealkylation sites (tertiary alicyclic amines) is 1. The van der Waals surface area contributed by atoms with Gasteiger partial charge in [-0.1, -0.05) is 27.7 Å². The van der Waals surface area contributed by atoms with Crippen molar-refractivity contribution in [3.8, 4) is 0 Å². The van der Waals surface area contributed by atoms with Gasteiger partial charge < -0.3 is 9.88 Å². The Kier molecular flexibility index (Phi) is 5.58. The molecular formula is C23H33N3O2S. The SMILES string of the molecule is CC1CCCN(C(=O)CCc2nc3sc4c(c3c(=O)[nH]2)CCC(C(C)(C)C)C4)C1. The Morgan fingerprint density at radius 3 is 2.83 bits per heavy atom. The van der Waals surface area contributed by atoms with Crippen molar-refractivity contribution in [2.45, 2.75) is 72.6 Å². The molecule has 0 saturated carbocycles. The van der Waals surface area contributed by atoms with Crippen molar-refractivity contribution in [3.05, 3.63) is 26.6 Å². The number of thiophene rings is 1. The van der Waals surface area contributed by atoms with Gasteiger partial charge in [-0.15, -0.1) is 11.3 Å². The summed E-state index contributed by atoms with van der Waals surface area (Å²) in [6.45, 7) is 10.8. The first-order chi connectivity index (χ1) is 13.7. The molecule has 2 atom stereocenters. The van der Waals surface area contributed by atoms with E-state index in [0.29, 0.717) is 30.5 Å². The van der Waals surface area contributed by atoms with Crippen molar-refractivity contribution < 1.29 is 4.79 Å². The fraction of sp³-hybridized carbons (Fsp3) is 0.696. The highest BCUT2D eigenvalue weighted by atomic mass is 32.1. The van der Waals surface area contributed by atoms with Crippen LogP contribution in [0.1, 0.15) is 69.6 Å². The van der Waals surface area contributed by atoms with E-state index < -0.39 is 0 Å². The monoisotopic (exact) mass is 415 g/mol. The van der Waals surface area contributed by atoms with Gasteiger partial charge in [0.1, 0.15) is 10.7 Å². The predicted molar refractivity (Wildman–Crippen MR) is 119 cm³/mol. The second-order valence-corrected chi connectivity index (χ2v) is 11.2. The van der Waals surface area contributed by atoms with Crippen LogP contribution in [0.2, 0.25) is 0 Å². The fourth-order valence-corrected chi connectivity index (χ4v) is 6.20. The highest BCUT2D eigenvalue weighted by Crippen LogP contribution is 2.42. The number of H-pyrrole nitrogens is 1. The predicted octanol–water partition coefficient (Wildman–Crippen LogP) is 4.33. The van der Waals surface area contributed by atoms with E-state index in [-0.39, 0.29) is 16.9 Å². The van der Waals surface area contributed by atoms with Crippen LogP contribution in [0.25, 0.3) is 10.2 Å².